The molecule has 1 saturated heterocycles. The lowest BCUT2D eigenvalue weighted by atomic mass is 9.87. The highest BCUT2D eigenvalue weighted by Gasteiger charge is 2.26. The van der Waals surface area contributed by atoms with Crippen LogP contribution in [0.25, 0.3) is 11.0 Å². The average Bonchev–Trinajstić information content (AvgIpc) is 3.30. The van der Waals surface area contributed by atoms with Crippen molar-refractivity contribution < 1.29 is 4.79 Å². The van der Waals surface area contributed by atoms with Crippen LogP contribution in [0.4, 0.5) is 11.4 Å². The predicted octanol–water partition coefficient (Wildman–Crippen LogP) is 3.83. The van der Waals surface area contributed by atoms with Crippen LogP contribution in [-0.2, 0) is 4.79 Å². The van der Waals surface area contributed by atoms with Crippen molar-refractivity contribution in [2.45, 2.75) is 32.6 Å². The molecule has 0 radical (unpaired) electrons. The van der Waals surface area contributed by atoms with E-state index >= 15 is 0 Å². The fourth-order valence-corrected chi connectivity index (χ4v) is 4.10. The minimum Gasteiger partial charge on any atom is -0.370 e. The summed E-state index contributed by atoms with van der Waals surface area (Å²) in [6.07, 6.45) is 2.27. The van der Waals surface area contributed by atoms with Gasteiger partial charge in [0.05, 0.1) is 28.3 Å². The van der Waals surface area contributed by atoms with Crippen molar-refractivity contribution in [1.82, 2.24) is 9.97 Å². The first-order valence-corrected chi connectivity index (χ1v) is 9.90. The minimum atomic E-state index is -0.242. The summed E-state index contributed by atoms with van der Waals surface area (Å²) in [6, 6.07) is 13.7. The van der Waals surface area contributed by atoms with Crippen molar-refractivity contribution >= 4 is 28.3 Å². The van der Waals surface area contributed by atoms with Crippen molar-refractivity contribution in [3.63, 3.8) is 0 Å². The van der Waals surface area contributed by atoms with Crippen LogP contribution in [-0.4, -0.2) is 29.0 Å². The maximum Gasteiger partial charge on any atom is 0.323 e. The number of fused-ring (bicyclic) bond motifs is 1. The van der Waals surface area contributed by atoms with Gasteiger partial charge in [0.2, 0.25) is 5.91 Å². The van der Waals surface area contributed by atoms with Gasteiger partial charge in [0.15, 0.2) is 0 Å². The normalized spacial score (nSPS) is 15.3. The van der Waals surface area contributed by atoms with E-state index in [2.05, 4.69) is 34.0 Å². The van der Waals surface area contributed by atoms with Gasteiger partial charge in [-0.15, -0.1) is 0 Å². The van der Waals surface area contributed by atoms with E-state index < -0.39 is 0 Å². The molecule has 1 amide bonds. The third-order valence-corrected chi connectivity index (χ3v) is 5.44. The smallest absolute Gasteiger partial charge is 0.323 e. The number of nitrogens with one attached hydrogen (secondary N) is 3. The number of benzene rings is 2. The lowest BCUT2D eigenvalue weighted by Gasteiger charge is -2.25. The van der Waals surface area contributed by atoms with Gasteiger partial charge in [-0.2, -0.15) is 0 Å². The maximum absolute atomic E-state index is 13.3. The number of anilines is 2. The molecule has 2 aromatic carbocycles. The SMILES string of the molecule is CC(C)C(C(=O)Nc1cc2[nH]c(=O)[nH]c2cc1N1CCCC1)c1ccccc1. The Morgan fingerprint density at radius 2 is 1.68 bits per heavy atom. The first-order chi connectivity index (χ1) is 13.5. The van der Waals surface area contributed by atoms with Gasteiger partial charge in [-0.05, 0) is 36.5 Å². The number of aromatic amines is 2. The zero-order valence-corrected chi connectivity index (χ0v) is 16.3. The zero-order valence-electron chi connectivity index (χ0n) is 16.3. The number of carbonyl (C=O) groups is 1. The third kappa shape index (κ3) is 3.54. The van der Waals surface area contributed by atoms with E-state index in [1.165, 1.54) is 0 Å². The van der Waals surface area contributed by atoms with Gasteiger partial charge < -0.3 is 20.2 Å². The molecule has 0 spiro atoms. The van der Waals surface area contributed by atoms with Gasteiger partial charge in [-0.3, -0.25) is 4.79 Å². The molecule has 1 atom stereocenters. The molecule has 1 fully saturated rings. The number of imidazole rings is 1. The Morgan fingerprint density at radius 3 is 2.32 bits per heavy atom. The third-order valence-electron chi connectivity index (χ3n) is 5.44. The molecule has 4 rings (SSSR count). The lowest BCUT2D eigenvalue weighted by Crippen LogP contribution is -2.27. The zero-order chi connectivity index (χ0) is 19.7. The quantitative estimate of drug-likeness (QED) is 0.631. The molecule has 1 aliphatic rings. The summed E-state index contributed by atoms with van der Waals surface area (Å²) in [6.45, 7) is 6.03. The second-order valence-electron chi connectivity index (χ2n) is 7.81. The Labute approximate surface area is 164 Å². The number of hydrogen-bond donors (Lipinski definition) is 3. The monoisotopic (exact) mass is 378 g/mol. The van der Waals surface area contributed by atoms with Crippen molar-refractivity contribution in [2.75, 3.05) is 23.3 Å². The van der Waals surface area contributed by atoms with Crippen molar-refractivity contribution in [3.8, 4) is 0 Å². The molecule has 146 valence electrons. The number of rotatable bonds is 5. The summed E-state index contributed by atoms with van der Waals surface area (Å²) in [5.74, 6) is -0.110. The summed E-state index contributed by atoms with van der Waals surface area (Å²) < 4.78 is 0. The van der Waals surface area contributed by atoms with Gasteiger partial charge in [-0.25, -0.2) is 4.79 Å². The Morgan fingerprint density at radius 1 is 1.04 bits per heavy atom. The van der Waals surface area contributed by atoms with E-state index in [-0.39, 0.29) is 23.4 Å². The van der Waals surface area contributed by atoms with Gasteiger partial charge >= 0.3 is 5.69 Å². The molecule has 0 bridgehead atoms. The largest absolute Gasteiger partial charge is 0.370 e. The van der Waals surface area contributed by atoms with Crippen LogP contribution in [0, 0.1) is 5.92 Å². The number of amides is 1. The van der Waals surface area contributed by atoms with Gasteiger partial charge in [0, 0.05) is 13.1 Å². The van der Waals surface area contributed by atoms with Crippen molar-refractivity contribution in [1.29, 1.82) is 0 Å². The minimum absolute atomic E-state index is 0.0288. The number of H-pyrrole nitrogens is 2. The second kappa shape index (κ2) is 7.54. The van der Waals surface area contributed by atoms with Gasteiger partial charge in [0.25, 0.3) is 0 Å². The summed E-state index contributed by atoms with van der Waals surface area (Å²) in [7, 11) is 0. The van der Waals surface area contributed by atoms with Gasteiger partial charge in [0.1, 0.15) is 0 Å². The highest BCUT2D eigenvalue weighted by molar-refractivity contribution is 6.01. The van der Waals surface area contributed by atoms with Crippen LogP contribution in [0.2, 0.25) is 0 Å². The Bertz CT molecular complexity index is 1030. The molecule has 0 saturated carbocycles. The summed E-state index contributed by atoms with van der Waals surface area (Å²) >= 11 is 0. The van der Waals surface area contributed by atoms with E-state index in [0.717, 1.165) is 48.4 Å². The molecule has 3 aromatic rings. The van der Waals surface area contributed by atoms with Crippen LogP contribution in [0.5, 0.6) is 0 Å². The Hall–Kier alpha value is -3.02. The van der Waals surface area contributed by atoms with Crippen molar-refractivity contribution in [3.05, 3.63) is 58.5 Å². The first kappa shape index (κ1) is 18.3. The van der Waals surface area contributed by atoms with Crippen LogP contribution in [0.1, 0.15) is 38.2 Å². The number of hydrogen-bond acceptors (Lipinski definition) is 3. The van der Waals surface area contributed by atoms with E-state index in [1.54, 1.807) is 0 Å². The second-order valence-corrected chi connectivity index (χ2v) is 7.81. The van der Waals surface area contributed by atoms with E-state index in [1.807, 2.05) is 42.5 Å². The standard InChI is InChI=1S/C22H26N4O2/c1-14(2)20(15-8-4-3-5-9-15)21(27)23-18-12-16-17(25-22(28)24-16)13-19(18)26-10-6-7-11-26/h3-5,8-9,12-14,20H,6-7,10-11H2,1-2H3,(H,23,27)(H2,24,25,28). The molecule has 1 aliphatic heterocycles. The highest BCUT2D eigenvalue weighted by atomic mass is 16.2. The lowest BCUT2D eigenvalue weighted by molar-refractivity contribution is -0.118. The molecule has 0 aliphatic carbocycles. The Kier molecular flexibility index (Phi) is 4.94. The van der Waals surface area contributed by atoms with Crippen LogP contribution < -0.4 is 15.9 Å². The van der Waals surface area contributed by atoms with Crippen LogP contribution in [0.15, 0.2) is 47.3 Å². The van der Waals surface area contributed by atoms with Gasteiger partial charge in [-0.1, -0.05) is 44.2 Å². The number of nitrogens with zero attached hydrogens (tertiary/aromatic N) is 1. The first-order valence-electron chi connectivity index (χ1n) is 9.90. The molecule has 1 unspecified atom stereocenters. The fraction of sp³-hybridized carbons (Fsp3) is 0.364. The fourth-order valence-electron chi connectivity index (χ4n) is 4.10. The van der Waals surface area contributed by atoms with Crippen molar-refractivity contribution in [2.24, 2.45) is 5.92 Å². The number of aromatic nitrogens is 2. The average molecular weight is 378 g/mol. The highest BCUT2D eigenvalue weighted by Crippen LogP contribution is 2.34. The predicted molar refractivity (Wildman–Crippen MR) is 113 cm³/mol. The Balaban J connectivity index is 1.71. The molecular formula is C22H26N4O2. The molecule has 1 aromatic heterocycles. The molecule has 6 nitrogen and oxygen atoms in total. The summed E-state index contributed by atoms with van der Waals surface area (Å²) in [5, 5.41) is 3.15. The summed E-state index contributed by atoms with van der Waals surface area (Å²) in [5.41, 5.74) is 3.93. The van der Waals surface area contributed by atoms with Crippen LogP contribution in [0.3, 0.4) is 0 Å². The molecule has 2 heterocycles. The molecule has 28 heavy (non-hydrogen) atoms. The summed E-state index contributed by atoms with van der Waals surface area (Å²) in [4.78, 5) is 32.9. The maximum atomic E-state index is 13.3. The van der Waals surface area contributed by atoms with E-state index in [0.29, 0.717) is 5.52 Å². The van der Waals surface area contributed by atoms with Crippen LogP contribution >= 0.6 is 0 Å². The van der Waals surface area contributed by atoms with E-state index in [4.69, 9.17) is 0 Å². The molecule has 3 N–H and O–H groups in total. The molecule has 6 heteroatoms. The molecular weight excluding hydrogens is 352 g/mol. The van der Waals surface area contributed by atoms with E-state index in [9.17, 15) is 9.59 Å². The topological polar surface area (TPSA) is 81.0 Å². The number of carbonyl (C=O) groups excluding carboxylic acids is 1.